The summed E-state index contributed by atoms with van der Waals surface area (Å²) in [6.07, 6.45) is 1.45. The largest absolute Gasteiger partial charge is 0.462 e. The van der Waals surface area contributed by atoms with Crippen LogP contribution < -0.4 is 5.32 Å². The third kappa shape index (κ3) is 3.56. The third-order valence-electron chi connectivity index (χ3n) is 2.94. The summed E-state index contributed by atoms with van der Waals surface area (Å²) in [5.41, 5.74) is 0.583. The van der Waals surface area contributed by atoms with Gasteiger partial charge in [0.2, 0.25) is 11.8 Å². The summed E-state index contributed by atoms with van der Waals surface area (Å²) < 4.78 is 9.90. The van der Waals surface area contributed by atoms with Gasteiger partial charge in [0.1, 0.15) is 5.56 Å². The van der Waals surface area contributed by atoms with E-state index in [1.54, 1.807) is 13.8 Å². The zero-order valence-electron chi connectivity index (χ0n) is 11.8. The zero-order chi connectivity index (χ0) is 14.4. The number of nitrogens with zero attached hydrogens (tertiary/aromatic N) is 1. The fourth-order valence-corrected chi connectivity index (χ4v) is 1.77. The van der Waals surface area contributed by atoms with E-state index >= 15 is 0 Å². The number of aromatic nitrogens is 1. The lowest BCUT2D eigenvalue weighted by Gasteiger charge is -2.11. The first-order valence-electron chi connectivity index (χ1n) is 6.49. The van der Waals surface area contributed by atoms with Crippen LogP contribution in [-0.2, 0) is 9.53 Å². The van der Waals surface area contributed by atoms with Crippen molar-refractivity contribution in [3.05, 3.63) is 11.3 Å². The number of nitrogens with one attached hydrogen (secondary N) is 1. The van der Waals surface area contributed by atoms with E-state index in [9.17, 15) is 9.59 Å². The first-order chi connectivity index (χ1) is 9.04. The van der Waals surface area contributed by atoms with Crippen molar-refractivity contribution in [3.8, 4) is 0 Å². The Morgan fingerprint density at radius 3 is 2.47 bits per heavy atom. The Balaban J connectivity index is 2.90. The molecular formula is C13H20N2O4. The summed E-state index contributed by atoms with van der Waals surface area (Å²) in [7, 11) is 0. The first kappa shape index (κ1) is 15.2. The maximum atomic E-state index is 12.0. The van der Waals surface area contributed by atoms with Crippen LogP contribution in [0, 0.1) is 12.8 Å². The lowest BCUT2D eigenvalue weighted by atomic mass is 10.0. The highest BCUT2D eigenvalue weighted by Crippen LogP contribution is 2.22. The molecule has 0 aliphatic rings. The smallest absolute Gasteiger partial charge is 0.345 e. The van der Waals surface area contributed by atoms with Crippen molar-refractivity contribution in [1.82, 2.24) is 5.16 Å². The van der Waals surface area contributed by atoms with Crippen LogP contribution in [0.25, 0.3) is 0 Å². The number of hydrogen-bond donors (Lipinski definition) is 1. The SMILES string of the molecule is CCOC(=O)c1c(C)noc1NC(=O)C(CC)CC. The first-order valence-corrected chi connectivity index (χ1v) is 6.49. The van der Waals surface area contributed by atoms with Gasteiger partial charge in [0.15, 0.2) is 0 Å². The highest BCUT2D eigenvalue weighted by molar-refractivity contribution is 6.00. The second kappa shape index (κ2) is 6.92. The molecule has 0 radical (unpaired) electrons. The van der Waals surface area contributed by atoms with Gasteiger partial charge in [0.05, 0.1) is 12.3 Å². The predicted octanol–water partition coefficient (Wildman–Crippen LogP) is 2.53. The van der Waals surface area contributed by atoms with E-state index in [-0.39, 0.29) is 29.9 Å². The van der Waals surface area contributed by atoms with E-state index in [1.165, 1.54) is 0 Å². The van der Waals surface area contributed by atoms with Crippen LogP contribution >= 0.6 is 0 Å². The van der Waals surface area contributed by atoms with Crippen LogP contribution in [-0.4, -0.2) is 23.6 Å². The van der Waals surface area contributed by atoms with E-state index in [0.29, 0.717) is 5.69 Å². The minimum atomic E-state index is -0.541. The summed E-state index contributed by atoms with van der Waals surface area (Å²) in [6, 6.07) is 0. The van der Waals surface area contributed by atoms with E-state index in [4.69, 9.17) is 9.26 Å². The van der Waals surface area contributed by atoms with Crippen molar-refractivity contribution in [1.29, 1.82) is 0 Å². The van der Waals surface area contributed by atoms with E-state index in [0.717, 1.165) is 12.8 Å². The maximum absolute atomic E-state index is 12.0. The van der Waals surface area contributed by atoms with Gasteiger partial charge in [-0.15, -0.1) is 0 Å². The molecule has 1 aromatic heterocycles. The van der Waals surface area contributed by atoms with Crippen LogP contribution in [0.5, 0.6) is 0 Å². The highest BCUT2D eigenvalue weighted by Gasteiger charge is 2.25. The fourth-order valence-electron chi connectivity index (χ4n) is 1.77. The topological polar surface area (TPSA) is 81.4 Å². The third-order valence-corrected chi connectivity index (χ3v) is 2.94. The Labute approximate surface area is 112 Å². The second-order valence-corrected chi connectivity index (χ2v) is 4.20. The number of esters is 1. The van der Waals surface area contributed by atoms with Crippen LogP contribution in [0.2, 0.25) is 0 Å². The van der Waals surface area contributed by atoms with E-state index in [2.05, 4.69) is 10.5 Å². The molecule has 1 N–H and O–H groups in total. The number of carbonyl (C=O) groups is 2. The molecule has 0 unspecified atom stereocenters. The average Bonchev–Trinajstić information content (AvgIpc) is 2.72. The van der Waals surface area contributed by atoms with Gasteiger partial charge in [-0.1, -0.05) is 19.0 Å². The second-order valence-electron chi connectivity index (χ2n) is 4.20. The summed E-state index contributed by atoms with van der Waals surface area (Å²) in [4.78, 5) is 23.7. The fraction of sp³-hybridized carbons (Fsp3) is 0.615. The molecule has 1 heterocycles. The van der Waals surface area contributed by atoms with Gasteiger partial charge in [-0.2, -0.15) is 0 Å². The molecule has 106 valence electrons. The zero-order valence-corrected chi connectivity index (χ0v) is 11.8. The Morgan fingerprint density at radius 1 is 1.32 bits per heavy atom. The minimum absolute atomic E-state index is 0.0628. The Bertz CT molecular complexity index is 449. The van der Waals surface area contributed by atoms with Crippen molar-refractivity contribution >= 4 is 17.8 Å². The molecule has 0 bridgehead atoms. The molecular weight excluding hydrogens is 248 g/mol. The Hall–Kier alpha value is -1.85. The summed E-state index contributed by atoms with van der Waals surface area (Å²) >= 11 is 0. The van der Waals surface area contributed by atoms with Crippen molar-refractivity contribution in [2.75, 3.05) is 11.9 Å². The highest BCUT2D eigenvalue weighted by atomic mass is 16.5. The molecule has 6 heteroatoms. The molecule has 0 aromatic carbocycles. The molecule has 0 saturated carbocycles. The summed E-state index contributed by atoms with van der Waals surface area (Å²) in [5.74, 6) is -0.763. The predicted molar refractivity (Wildman–Crippen MR) is 69.9 cm³/mol. The van der Waals surface area contributed by atoms with Gasteiger partial charge in [-0.3, -0.25) is 10.1 Å². The number of amides is 1. The quantitative estimate of drug-likeness (QED) is 0.802. The lowest BCUT2D eigenvalue weighted by molar-refractivity contribution is -0.120. The standard InChI is InChI=1S/C13H20N2O4/c1-5-9(6-2)11(16)14-12-10(8(4)15-19-12)13(17)18-7-3/h9H,5-7H2,1-4H3,(H,14,16). The molecule has 1 amide bonds. The van der Waals surface area contributed by atoms with Crippen LogP contribution in [0.4, 0.5) is 5.88 Å². The van der Waals surface area contributed by atoms with Crippen LogP contribution in [0.15, 0.2) is 4.52 Å². The molecule has 6 nitrogen and oxygen atoms in total. The van der Waals surface area contributed by atoms with E-state index < -0.39 is 5.97 Å². The molecule has 1 rings (SSSR count). The molecule has 1 aromatic rings. The lowest BCUT2D eigenvalue weighted by Crippen LogP contribution is -2.22. The Morgan fingerprint density at radius 2 is 1.95 bits per heavy atom. The van der Waals surface area contributed by atoms with Gasteiger partial charge in [-0.25, -0.2) is 4.79 Å². The Kier molecular flexibility index (Phi) is 5.54. The van der Waals surface area contributed by atoms with Crippen LogP contribution in [0.1, 0.15) is 49.7 Å². The molecule has 19 heavy (non-hydrogen) atoms. The van der Waals surface area contributed by atoms with Crippen molar-refractivity contribution < 1.29 is 18.8 Å². The van der Waals surface area contributed by atoms with Crippen molar-refractivity contribution in [2.24, 2.45) is 5.92 Å². The molecule has 0 atom stereocenters. The molecule has 0 aliphatic heterocycles. The maximum Gasteiger partial charge on any atom is 0.345 e. The number of rotatable bonds is 6. The van der Waals surface area contributed by atoms with Gasteiger partial charge in [0, 0.05) is 5.92 Å². The molecule has 0 aliphatic carbocycles. The number of ether oxygens (including phenoxy) is 1. The van der Waals surface area contributed by atoms with Gasteiger partial charge in [-0.05, 0) is 26.7 Å². The number of anilines is 1. The van der Waals surface area contributed by atoms with Gasteiger partial charge < -0.3 is 9.26 Å². The monoisotopic (exact) mass is 268 g/mol. The minimum Gasteiger partial charge on any atom is -0.462 e. The number of carbonyl (C=O) groups excluding carboxylic acids is 2. The molecule has 0 saturated heterocycles. The summed E-state index contributed by atoms with van der Waals surface area (Å²) in [6.45, 7) is 7.46. The number of aryl methyl sites for hydroxylation is 1. The normalized spacial score (nSPS) is 10.6. The van der Waals surface area contributed by atoms with E-state index in [1.807, 2.05) is 13.8 Å². The van der Waals surface area contributed by atoms with Gasteiger partial charge >= 0.3 is 5.97 Å². The molecule has 0 spiro atoms. The van der Waals surface area contributed by atoms with Gasteiger partial charge in [0.25, 0.3) is 0 Å². The summed E-state index contributed by atoms with van der Waals surface area (Å²) in [5, 5.41) is 6.30. The average molecular weight is 268 g/mol. The van der Waals surface area contributed by atoms with Crippen molar-refractivity contribution in [2.45, 2.75) is 40.5 Å². The van der Waals surface area contributed by atoms with Crippen LogP contribution in [0.3, 0.4) is 0 Å². The van der Waals surface area contributed by atoms with Crippen molar-refractivity contribution in [3.63, 3.8) is 0 Å². The number of hydrogen-bond acceptors (Lipinski definition) is 5. The molecule has 0 fully saturated rings.